The van der Waals surface area contributed by atoms with E-state index in [0.29, 0.717) is 6.54 Å². The lowest BCUT2D eigenvalue weighted by Gasteiger charge is -2.17. The van der Waals surface area contributed by atoms with Crippen LogP contribution in [0.4, 0.5) is 0 Å². The second-order valence-electron chi connectivity index (χ2n) is 5.37. The van der Waals surface area contributed by atoms with Crippen LogP contribution < -0.4 is 5.32 Å². The lowest BCUT2D eigenvalue weighted by Crippen LogP contribution is -2.31. The number of imidazole rings is 1. The molecule has 0 unspecified atom stereocenters. The molecule has 4 heteroatoms. The molecule has 3 aromatic rings. The van der Waals surface area contributed by atoms with E-state index in [2.05, 4.69) is 15.3 Å². The third-order valence-electron chi connectivity index (χ3n) is 3.78. The maximum atomic E-state index is 12.7. The van der Waals surface area contributed by atoms with Crippen LogP contribution in [0.5, 0.6) is 0 Å². The summed E-state index contributed by atoms with van der Waals surface area (Å²) >= 11 is 0. The molecule has 0 aliphatic carbocycles. The average Bonchev–Trinajstić information content (AvgIpc) is 3.10. The number of rotatable bonds is 6. The number of carbonyl (C=O) groups is 1. The molecule has 2 aromatic carbocycles. The Morgan fingerprint density at radius 1 is 1.00 bits per heavy atom. The fraction of sp³-hybridized carbons (Fsp3) is 0.158. The number of nitrogens with one attached hydrogen (secondary N) is 2. The van der Waals surface area contributed by atoms with E-state index in [-0.39, 0.29) is 11.8 Å². The Hall–Kier alpha value is -2.88. The van der Waals surface area contributed by atoms with Gasteiger partial charge < -0.3 is 10.3 Å². The van der Waals surface area contributed by atoms with Gasteiger partial charge in [-0.2, -0.15) is 0 Å². The quantitative estimate of drug-likeness (QED) is 0.735. The highest BCUT2D eigenvalue weighted by molar-refractivity contribution is 5.87. The summed E-state index contributed by atoms with van der Waals surface area (Å²) in [6, 6.07) is 19.7. The molecule has 116 valence electrons. The van der Waals surface area contributed by atoms with Crippen molar-refractivity contribution in [1.29, 1.82) is 0 Å². The van der Waals surface area contributed by atoms with Crippen LogP contribution in [0, 0.1) is 0 Å². The third kappa shape index (κ3) is 3.86. The maximum Gasteiger partial charge on any atom is 0.232 e. The Morgan fingerprint density at radius 2 is 1.61 bits per heavy atom. The van der Waals surface area contributed by atoms with Crippen LogP contribution in [0.3, 0.4) is 0 Å². The number of aromatic nitrogens is 2. The fourth-order valence-electron chi connectivity index (χ4n) is 2.63. The SMILES string of the molecule is O=C(NCCc1cnc[nH]1)C(c1ccccc1)c1ccccc1. The van der Waals surface area contributed by atoms with Gasteiger partial charge in [-0.25, -0.2) is 4.98 Å². The molecule has 0 saturated heterocycles. The topological polar surface area (TPSA) is 57.8 Å². The van der Waals surface area contributed by atoms with E-state index in [1.54, 1.807) is 12.5 Å². The van der Waals surface area contributed by atoms with Gasteiger partial charge >= 0.3 is 0 Å². The Kier molecular flexibility index (Phi) is 4.84. The molecule has 0 radical (unpaired) electrons. The lowest BCUT2D eigenvalue weighted by atomic mass is 9.90. The van der Waals surface area contributed by atoms with Crippen molar-refractivity contribution in [3.05, 3.63) is 90.0 Å². The van der Waals surface area contributed by atoms with E-state index in [0.717, 1.165) is 23.2 Å². The molecule has 0 aliphatic heterocycles. The van der Waals surface area contributed by atoms with Crippen molar-refractivity contribution in [1.82, 2.24) is 15.3 Å². The molecule has 0 atom stereocenters. The Balaban J connectivity index is 1.74. The number of H-pyrrole nitrogens is 1. The first-order chi connectivity index (χ1) is 11.3. The monoisotopic (exact) mass is 305 g/mol. The number of nitrogens with zero attached hydrogens (tertiary/aromatic N) is 1. The fourth-order valence-corrected chi connectivity index (χ4v) is 2.63. The van der Waals surface area contributed by atoms with Gasteiger partial charge in [0.1, 0.15) is 0 Å². The van der Waals surface area contributed by atoms with Crippen LogP contribution >= 0.6 is 0 Å². The number of benzene rings is 2. The summed E-state index contributed by atoms with van der Waals surface area (Å²) in [5.74, 6) is -0.277. The zero-order chi connectivity index (χ0) is 15.9. The number of hydrogen-bond acceptors (Lipinski definition) is 2. The van der Waals surface area contributed by atoms with Crippen LogP contribution in [-0.4, -0.2) is 22.4 Å². The van der Waals surface area contributed by atoms with Crippen LogP contribution in [0.1, 0.15) is 22.7 Å². The van der Waals surface area contributed by atoms with Gasteiger partial charge in [-0.3, -0.25) is 4.79 Å². The summed E-state index contributed by atoms with van der Waals surface area (Å²) in [7, 11) is 0. The summed E-state index contributed by atoms with van der Waals surface area (Å²) in [5, 5.41) is 3.03. The molecule has 23 heavy (non-hydrogen) atoms. The summed E-state index contributed by atoms with van der Waals surface area (Å²) in [6.45, 7) is 0.581. The summed E-state index contributed by atoms with van der Waals surface area (Å²) in [4.78, 5) is 19.8. The van der Waals surface area contributed by atoms with E-state index in [1.807, 2.05) is 60.7 Å². The van der Waals surface area contributed by atoms with Crippen LogP contribution in [0.2, 0.25) is 0 Å². The van der Waals surface area contributed by atoms with Gasteiger partial charge in [0.2, 0.25) is 5.91 Å². The zero-order valence-electron chi connectivity index (χ0n) is 12.8. The first-order valence-electron chi connectivity index (χ1n) is 7.69. The molecule has 1 heterocycles. The van der Waals surface area contributed by atoms with E-state index >= 15 is 0 Å². The largest absolute Gasteiger partial charge is 0.355 e. The predicted octanol–water partition coefficient (Wildman–Crippen LogP) is 2.90. The van der Waals surface area contributed by atoms with Crippen molar-refractivity contribution in [2.75, 3.05) is 6.54 Å². The highest BCUT2D eigenvalue weighted by atomic mass is 16.1. The summed E-state index contributed by atoms with van der Waals surface area (Å²) in [6.07, 6.45) is 4.16. The molecule has 4 nitrogen and oxygen atoms in total. The molecule has 3 rings (SSSR count). The normalized spacial score (nSPS) is 10.7. The second-order valence-corrected chi connectivity index (χ2v) is 5.37. The van der Waals surface area contributed by atoms with E-state index in [1.165, 1.54) is 0 Å². The predicted molar refractivity (Wildman–Crippen MR) is 90.0 cm³/mol. The molecule has 1 amide bonds. The molecule has 1 aromatic heterocycles. The molecule has 0 saturated carbocycles. The minimum Gasteiger partial charge on any atom is -0.355 e. The van der Waals surface area contributed by atoms with Gasteiger partial charge in [0.15, 0.2) is 0 Å². The average molecular weight is 305 g/mol. The maximum absolute atomic E-state index is 12.7. The molecule has 0 fully saturated rings. The number of hydrogen-bond donors (Lipinski definition) is 2. The summed E-state index contributed by atoms with van der Waals surface area (Å²) in [5.41, 5.74) is 3.01. The molecular formula is C19H19N3O. The van der Waals surface area contributed by atoms with Crippen molar-refractivity contribution in [3.8, 4) is 0 Å². The van der Waals surface area contributed by atoms with E-state index in [9.17, 15) is 4.79 Å². The molecular weight excluding hydrogens is 286 g/mol. The Morgan fingerprint density at radius 3 is 2.13 bits per heavy atom. The molecule has 0 spiro atoms. The molecule has 0 aliphatic rings. The summed E-state index contributed by atoms with van der Waals surface area (Å²) < 4.78 is 0. The van der Waals surface area contributed by atoms with Gasteiger partial charge in [0, 0.05) is 24.9 Å². The molecule has 2 N–H and O–H groups in total. The molecule has 0 bridgehead atoms. The first kappa shape index (κ1) is 15.0. The van der Waals surface area contributed by atoms with Crippen LogP contribution in [-0.2, 0) is 11.2 Å². The number of amides is 1. The Labute approximate surface area is 135 Å². The first-order valence-corrected chi connectivity index (χ1v) is 7.69. The van der Waals surface area contributed by atoms with Gasteiger partial charge in [-0.15, -0.1) is 0 Å². The van der Waals surface area contributed by atoms with Crippen LogP contribution in [0.25, 0.3) is 0 Å². The lowest BCUT2D eigenvalue weighted by molar-refractivity contribution is -0.121. The van der Waals surface area contributed by atoms with Crippen molar-refractivity contribution < 1.29 is 4.79 Å². The van der Waals surface area contributed by atoms with Gasteiger partial charge in [-0.1, -0.05) is 60.7 Å². The van der Waals surface area contributed by atoms with Gasteiger partial charge in [0.25, 0.3) is 0 Å². The van der Waals surface area contributed by atoms with Crippen molar-refractivity contribution in [2.24, 2.45) is 0 Å². The van der Waals surface area contributed by atoms with E-state index < -0.39 is 0 Å². The van der Waals surface area contributed by atoms with Crippen molar-refractivity contribution in [3.63, 3.8) is 0 Å². The third-order valence-corrected chi connectivity index (χ3v) is 3.78. The number of carbonyl (C=O) groups excluding carboxylic acids is 1. The zero-order valence-corrected chi connectivity index (χ0v) is 12.8. The van der Waals surface area contributed by atoms with E-state index in [4.69, 9.17) is 0 Å². The minimum absolute atomic E-state index is 0.0157. The van der Waals surface area contributed by atoms with Gasteiger partial charge in [-0.05, 0) is 11.1 Å². The van der Waals surface area contributed by atoms with Crippen molar-refractivity contribution >= 4 is 5.91 Å². The Bertz CT molecular complexity index is 684. The smallest absolute Gasteiger partial charge is 0.232 e. The van der Waals surface area contributed by atoms with Gasteiger partial charge in [0.05, 0.1) is 12.2 Å². The standard InChI is InChI=1S/C19H19N3O/c23-19(21-12-11-17-13-20-14-22-17)18(15-7-3-1-4-8-15)16-9-5-2-6-10-16/h1-10,13-14,18H,11-12H2,(H,20,22)(H,21,23). The number of aromatic amines is 1. The highest BCUT2D eigenvalue weighted by Crippen LogP contribution is 2.24. The van der Waals surface area contributed by atoms with Crippen LogP contribution in [0.15, 0.2) is 73.2 Å². The highest BCUT2D eigenvalue weighted by Gasteiger charge is 2.21. The second kappa shape index (κ2) is 7.40. The van der Waals surface area contributed by atoms with Crippen molar-refractivity contribution in [2.45, 2.75) is 12.3 Å². The minimum atomic E-state index is -0.292.